The second-order valence-corrected chi connectivity index (χ2v) is 5.52. The van der Waals surface area contributed by atoms with Crippen LogP contribution in [0.2, 0.25) is 0 Å². The molecule has 0 aliphatic heterocycles. The van der Waals surface area contributed by atoms with Crippen molar-refractivity contribution in [2.75, 3.05) is 7.11 Å². The van der Waals surface area contributed by atoms with Crippen LogP contribution in [0.5, 0.6) is 5.75 Å². The Kier molecular flexibility index (Phi) is 3.05. The standard InChI is InChI=1S/C11H12N2O3S/c1-16-10-3-2-4-11(9(10)7-12)17(14,15)13-8-5-6-8/h2-4,8,13H,5-6H2,1H3. The van der Waals surface area contributed by atoms with Gasteiger partial charge in [0, 0.05) is 6.04 Å². The lowest BCUT2D eigenvalue weighted by Gasteiger charge is -2.09. The van der Waals surface area contributed by atoms with Gasteiger partial charge in [0.2, 0.25) is 10.0 Å². The van der Waals surface area contributed by atoms with Gasteiger partial charge in [0.1, 0.15) is 22.3 Å². The van der Waals surface area contributed by atoms with Gasteiger partial charge in [0.25, 0.3) is 0 Å². The summed E-state index contributed by atoms with van der Waals surface area (Å²) in [5, 5.41) is 9.02. The van der Waals surface area contributed by atoms with Gasteiger partial charge in [-0.2, -0.15) is 5.26 Å². The Bertz CT molecular complexity index is 571. The van der Waals surface area contributed by atoms with Gasteiger partial charge in [-0.15, -0.1) is 0 Å². The van der Waals surface area contributed by atoms with Crippen molar-refractivity contribution in [3.8, 4) is 11.8 Å². The molecule has 0 spiro atoms. The van der Waals surface area contributed by atoms with Crippen molar-refractivity contribution in [2.24, 2.45) is 0 Å². The Balaban J connectivity index is 2.47. The molecule has 2 rings (SSSR count). The van der Waals surface area contributed by atoms with Crippen molar-refractivity contribution in [2.45, 2.75) is 23.8 Å². The molecule has 0 bridgehead atoms. The highest BCUT2D eigenvalue weighted by Crippen LogP contribution is 2.27. The highest BCUT2D eigenvalue weighted by molar-refractivity contribution is 7.89. The van der Waals surface area contributed by atoms with Crippen LogP contribution in [0, 0.1) is 11.3 Å². The van der Waals surface area contributed by atoms with Crippen LogP contribution in [0.4, 0.5) is 0 Å². The summed E-state index contributed by atoms with van der Waals surface area (Å²) in [6.07, 6.45) is 1.70. The second-order valence-electron chi connectivity index (χ2n) is 3.84. The number of rotatable bonds is 4. The molecule has 0 heterocycles. The molecule has 1 fully saturated rings. The average Bonchev–Trinajstić information content (AvgIpc) is 3.11. The first-order chi connectivity index (χ1) is 8.08. The lowest BCUT2D eigenvalue weighted by Crippen LogP contribution is -2.26. The third-order valence-electron chi connectivity index (χ3n) is 2.51. The maximum absolute atomic E-state index is 12.0. The van der Waals surface area contributed by atoms with E-state index >= 15 is 0 Å². The molecular formula is C11H12N2O3S. The second kappa shape index (κ2) is 4.35. The molecule has 0 unspecified atom stereocenters. The van der Waals surface area contributed by atoms with E-state index in [1.54, 1.807) is 12.1 Å². The summed E-state index contributed by atoms with van der Waals surface area (Å²) in [5.74, 6) is 0.270. The number of ether oxygens (including phenoxy) is 1. The monoisotopic (exact) mass is 252 g/mol. The van der Waals surface area contributed by atoms with Gasteiger partial charge in [0.05, 0.1) is 7.11 Å². The van der Waals surface area contributed by atoms with E-state index in [0.29, 0.717) is 0 Å². The van der Waals surface area contributed by atoms with Crippen molar-refractivity contribution in [3.05, 3.63) is 23.8 Å². The molecule has 1 saturated carbocycles. The van der Waals surface area contributed by atoms with E-state index in [-0.39, 0.29) is 22.3 Å². The van der Waals surface area contributed by atoms with Crippen molar-refractivity contribution < 1.29 is 13.2 Å². The summed E-state index contributed by atoms with van der Waals surface area (Å²) in [6.45, 7) is 0. The van der Waals surface area contributed by atoms with Crippen LogP contribution in [0.3, 0.4) is 0 Å². The van der Waals surface area contributed by atoms with Crippen molar-refractivity contribution in [3.63, 3.8) is 0 Å². The van der Waals surface area contributed by atoms with Crippen LogP contribution < -0.4 is 9.46 Å². The topological polar surface area (TPSA) is 79.2 Å². The molecule has 5 nitrogen and oxygen atoms in total. The number of sulfonamides is 1. The Morgan fingerprint density at radius 3 is 2.71 bits per heavy atom. The lowest BCUT2D eigenvalue weighted by atomic mass is 10.2. The maximum Gasteiger partial charge on any atom is 0.242 e. The summed E-state index contributed by atoms with van der Waals surface area (Å²) in [5.41, 5.74) is 0.0446. The Morgan fingerprint density at radius 1 is 1.47 bits per heavy atom. The molecule has 1 N–H and O–H groups in total. The van der Waals surface area contributed by atoms with Crippen LogP contribution >= 0.6 is 0 Å². The van der Waals surface area contributed by atoms with Gasteiger partial charge in [-0.05, 0) is 25.0 Å². The summed E-state index contributed by atoms with van der Waals surface area (Å²) < 4.78 is 31.5. The van der Waals surface area contributed by atoms with Crippen molar-refractivity contribution in [1.82, 2.24) is 4.72 Å². The fourth-order valence-corrected chi connectivity index (χ4v) is 2.97. The van der Waals surface area contributed by atoms with Crippen LogP contribution in [-0.2, 0) is 10.0 Å². The molecule has 90 valence electrons. The van der Waals surface area contributed by atoms with Crippen LogP contribution in [-0.4, -0.2) is 21.6 Å². The van der Waals surface area contributed by atoms with E-state index in [4.69, 9.17) is 10.00 Å². The Morgan fingerprint density at radius 2 is 2.18 bits per heavy atom. The third-order valence-corrected chi connectivity index (χ3v) is 4.07. The van der Waals surface area contributed by atoms with E-state index in [2.05, 4.69) is 4.72 Å². The first-order valence-electron chi connectivity index (χ1n) is 5.18. The van der Waals surface area contributed by atoms with Crippen LogP contribution in [0.25, 0.3) is 0 Å². The van der Waals surface area contributed by atoms with E-state index in [1.165, 1.54) is 13.2 Å². The zero-order valence-electron chi connectivity index (χ0n) is 9.30. The summed E-state index contributed by atoms with van der Waals surface area (Å²) in [4.78, 5) is -0.0220. The minimum Gasteiger partial charge on any atom is -0.495 e. The van der Waals surface area contributed by atoms with E-state index < -0.39 is 10.0 Å². The van der Waals surface area contributed by atoms with Gasteiger partial charge in [0.15, 0.2) is 0 Å². The van der Waals surface area contributed by atoms with Crippen molar-refractivity contribution in [1.29, 1.82) is 5.26 Å². The molecule has 17 heavy (non-hydrogen) atoms. The molecule has 6 heteroatoms. The molecule has 1 aromatic carbocycles. The molecule has 0 amide bonds. The zero-order chi connectivity index (χ0) is 12.5. The minimum atomic E-state index is -3.62. The summed E-state index contributed by atoms with van der Waals surface area (Å²) >= 11 is 0. The number of nitrogens with one attached hydrogen (secondary N) is 1. The SMILES string of the molecule is COc1cccc(S(=O)(=O)NC2CC2)c1C#N. The van der Waals surface area contributed by atoms with Gasteiger partial charge in [-0.25, -0.2) is 13.1 Å². The number of hydrogen-bond acceptors (Lipinski definition) is 4. The Hall–Kier alpha value is -1.58. The van der Waals surface area contributed by atoms with E-state index in [9.17, 15) is 8.42 Å². The van der Waals surface area contributed by atoms with Crippen LogP contribution in [0.1, 0.15) is 18.4 Å². The predicted molar refractivity (Wildman–Crippen MR) is 61.1 cm³/mol. The highest BCUT2D eigenvalue weighted by atomic mass is 32.2. The third kappa shape index (κ3) is 2.40. The van der Waals surface area contributed by atoms with Gasteiger partial charge >= 0.3 is 0 Å². The minimum absolute atomic E-state index is 0.0118. The van der Waals surface area contributed by atoms with Crippen molar-refractivity contribution >= 4 is 10.0 Å². The molecule has 1 aromatic rings. The summed E-state index contributed by atoms with van der Waals surface area (Å²) in [6, 6.07) is 6.41. The molecule has 1 aliphatic carbocycles. The first-order valence-corrected chi connectivity index (χ1v) is 6.66. The number of nitrogens with zero attached hydrogens (tertiary/aromatic N) is 1. The molecule has 0 aromatic heterocycles. The average molecular weight is 252 g/mol. The quantitative estimate of drug-likeness (QED) is 0.867. The molecule has 0 radical (unpaired) electrons. The molecule has 1 aliphatic rings. The molecular weight excluding hydrogens is 240 g/mol. The fourth-order valence-electron chi connectivity index (χ4n) is 1.50. The molecule has 0 atom stereocenters. The number of nitriles is 1. The lowest BCUT2D eigenvalue weighted by molar-refractivity contribution is 0.412. The summed E-state index contributed by atoms with van der Waals surface area (Å²) in [7, 11) is -2.22. The van der Waals surface area contributed by atoms with Gasteiger partial charge in [-0.3, -0.25) is 0 Å². The zero-order valence-corrected chi connectivity index (χ0v) is 10.1. The smallest absolute Gasteiger partial charge is 0.242 e. The first kappa shape index (κ1) is 11.9. The van der Waals surface area contributed by atoms with Gasteiger partial charge < -0.3 is 4.74 Å². The highest BCUT2D eigenvalue weighted by Gasteiger charge is 2.30. The Labute approximate surface area is 100 Å². The maximum atomic E-state index is 12.0. The van der Waals surface area contributed by atoms with E-state index in [1.807, 2.05) is 6.07 Å². The number of hydrogen-bond donors (Lipinski definition) is 1. The normalized spacial score (nSPS) is 15.3. The predicted octanol–water partition coefficient (Wildman–Crippen LogP) is 1.01. The number of methoxy groups -OCH3 is 1. The fraction of sp³-hybridized carbons (Fsp3) is 0.364. The van der Waals surface area contributed by atoms with Gasteiger partial charge in [-0.1, -0.05) is 6.07 Å². The molecule has 0 saturated heterocycles. The number of benzene rings is 1. The van der Waals surface area contributed by atoms with Crippen LogP contribution in [0.15, 0.2) is 23.1 Å². The largest absolute Gasteiger partial charge is 0.495 e. The van der Waals surface area contributed by atoms with E-state index in [0.717, 1.165) is 12.8 Å².